The smallest absolute Gasteiger partial charge is 0.245 e. The normalized spacial score (nSPS) is 16.1. The van der Waals surface area contributed by atoms with Crippen molar-refractivity contribution < 1.29 is 4.74 Å². The summed E-state index contributed by atoms with van der Waals surface area (Å²) < 4.78 is 7.36. The van der Waals surface area contributed by atoms with Gasteiger partial charge in [-0.3, -0.25) is 0 Å². The Balaban J connectivity index is 1.91. The zero-order chi connectivity index (χ0) is 13.9. The molecule has 2 heterocycles. The Morgan fingerprint density at radius 1 is 1.35 bits per heavy atom. The Morgan fingerprint density at radius 3 is 2.85 bits per heavy atom. The molecular formula is C14H19ClN4O. The molecule has 0 N–H and O–H groups in total. The Morgan fingerprint density at radius 2 is 2.15 bits per heavy atom. The Labute approximate surface area is 123 Å². The maximum Gasteiger partial charge on any atom is 0.245 e. The lowest BCUT2D eigenvalue weighted by Gasteiger charge is -2.11. The van der Waals surface area contributed by atoms with Crippen LogP contribution in [0.4, 0.5) is 0 Å². The van der Waals surface area contributed by atoms with Crippen LogP contribution in [0.2, 0.25) is 0 Å². The van der Waals surface area contributed by atoms with Crippen LogP contribution in [0, 0.1) is 5.92 Å². The third kappa shape index (κ3) is 2.46. The molecule has 0 atom stereocenters. The molecule has 3 rings (SSSR count). The van der Waals surface area contributed by atoms with E-state index in [0.717, 1.165) is 23.9 Å². The molecule has 6 heteroatoms. The van der Waals surface area contributed by atoms with Gasteiger partial charge in [0, 0.05) is 6.54 Å². The van der Waals surface area contributed by atoms with E-state index in [1.807, 2.05) is 0 Å². The van der Waals surface area contributed by atoms with Gasteiger partial charge >= 0.3 is 0 Å². The summed E-state index contributed by atoms with van der Waals surface area (Å²) in [6.07, 6.45) is 8.12. The molecule has 0 aliphatic heterocycles. The quantitative estimate of drug-likeness (QED) is 0.795. The van der Waals surface area contributed by atoms with Crippen molar-refractivity contribution in [1.29, 1.82) is 0 Å². The number of alkyl halides is 1. The molecule has 0 bridgehead atoms. The summed E-state index contributed by atoms with van der Waals surface area (Å²) in [7, 11) is 1.60. The Bertz CT molecular complexity index is 592. The highest BCUT2D eigenvalue weighted by molar-refractivity contribution is 6.16. The fraction of sp³-hybridized carbons (Fsp3) is 0.643. The van der Waals surface area contributed by atoms with Crippen molar-refractivity contribution in [2.24, 2.45) is 5.92 Å². The van der Waals surface area contributed by atoms with Gasteiger partial charge in [-0.25, -0.2) is 9.97 Å². The number of nitrogens with zero attached hydrogens (tertiary/aromatic N) is 4. The second-order valence-electron chi connectivity index (χ2n) is 5.31. The summed E-state index contributed by atoms with van der Waals surface area (Å²) in [5.74, 6) is 2.57. The van der Waals surface area contributed by atoms with Gasteiger partial charge in [-0.05, 0) is 12.3 Å². The number of halogens is 1. The van der Waals surface area contributed by atoms with Gasteiger partial charge in [0.2, 0.25) is 5.88 Å². The van der Waals surface area contributed by atoms with E-state index in [-0.39, 0.29) is 0 Å². The van der Waals surface area contributed by atoms with E-state index in [4.69, 9.17) is 16.3 Å². The van der Waals surface area contributed by atoms with E-state index in [1.165, 1.54) is 38.4 Å². The topological polar surface area (TPSA) is 52.8 Å². The molecule has 5 nitrogen and oxygen atoms in total. The Hall–Kier alpha value is -1.36. The predicted octanol–water partition coefficient (Wildman–Crippen LogP) is 3.15. The summed E-state index contributed by atoms with van der Waals surface area (Å²) in [6.45, 7) is 0.920. The van der Waals surface area contributed by atoms with Gasteiger partial charge in [-0.1, -0.05) is 25.7 Å². The number of imidazole rings is 1. The monoisotopic (exact) mass is 294 g/mol. The minimum absolute atomic E-state index is 0.379. The minimum Gasteiger partial charge on any atom is -0.479 e. The lowest BCUT2D eigenvalue weighted by atomic mass is 10.0. The zero-order valence-corrected chi connectivity index (χ0v) is 12.4. The fourth-order valence-electron chi connectivity index (χ4n) is 3.06. The molecule has 0 spiro atoms. The van der Waals surface area contributed by atoms with E-state index < -0.39 is 0 Å². The molecule has 108 valence electrons. The molecule has 1 fully saturated rings. The molecular weight excluding hydrogens is 276 g/mol. The van der Waals surface area contributed by atoms with E-state index >= 15 is 0 Å². The maximum absolute atomic E-state index is 6.02. The molecule has 1 aliphatic rings. The summed E-state index contributed by atoms with van der Waals surface area (Å²) in [4.78, 5) is 13.0. The van der Waals surface area contributed by atoms with Crippen molar-refractivity contribution in [1.82, 2.24) is 19.5 Å². The van der Waals surface area contributed by atoms with E-state index in [1.54, 1.807) is 7.11 Å². The lowest BCUT2D eigenvalue weighted by Crippen LogP contribution is -2.07. The van der Waals surface area contributed by atoms with E-state index in [2.05, 4.69) is 19.5 Å². The number of fused-ring (bicyclic) bond motifs is 1. The largest absolute Gasteiger partial charge is 0.479 e. The summed E-state index contributed by atoms with van der Waals surface area (Å²) >= 11 is 6.02. The summed E-state index contributed by atoms with van der Waals surface area (Å²) in [5.41, 5.74) is 1.53. The van der Waals surface area contributed by atoms with Crippen LogP contribution in [0.1, 0.15) is 37.9 Å². The van der Waals surface area contributed by atoms with Crippen LogP contribution in [0.15, 0.2) is 6.33 Å². The summed E-state index contributed by atoms with van der Waals surface area (Å²) in [6, 6.07) is 0. The SMILES string of the molecule is COc1ncnc2c1nc(CCl)n2CCC1CCCC1. The number of aromatic nitrogens is 4. The van der Waals surface area contributed by atoms with Crippen molar-refractivity contribution in [3.63, 3.8) is 0 Å². The van der Waals surface area contributed by atoms with Gasteiger partial charge in [-0.2, -0.15) is 4.98 Å². The number of aryl methyl sites for hydroxylation is 1. The van der Waals surface area contributed by atoms with Gasteiger partial charge in [-0.15, -0.1) is 11.6 Å². The van der Waals surface area contributed by atoms with Crippen LogP contribution < -0.4 is 4.74 Å². The molecule has 0 radical (unpaired) electrons. The molecule has 2 aromatic heterocycles. The standard InChI is InChI=1S/C14H19ClN4O/c1-20-14-12-13(16-9-17-14)19(11(8-15)18-12)7-6-10-4-2-3-5-10/h9-10H,2-8H2,1H3. The molecule has 0 unspecified atom stereocenters. The first-order valence-electron chi connectivity index (χ1n) is 7.13. The number of methoxy groups -OCH3 is 1. The van der Waals surface area contributed by atoms with Crippen molar-refractivity contribution in [3.8, 4) is 5.88 Å². The maximum atomic E-state index is 6.02. The number of ether oxygens (including phenoxy) is 1. The molecule has 20 heavy (non-hydrogen) atoms. The van der Waals surface area contributed by atoms with Gasteiger partial charge < -0.3 is 9.30 Å². The third-order valence-electron chi connectivity index (χ3n) is 4.13. The lowest BCUT2D eigenvalue weighted by molar-refractivity contribution is 0.401. The second kappa shape index (κ2) is 5.95. The first-order chi connectivity index (χ1) is 9.83. The highest BCUT2D eigenvalue weighted by Crippen LogP contribution is 2.29. The van der Waals surface area contributed by atoms with Crippen LogP contribution in [-0.4, -0.2) is 26.6 Å². The van der Waals surface area contributed by atoms with Crippen LogP contribution in [0.3, 0.4) is 0 Å². The average molecular weight is 295 g/mol. The molecule has 1 aliphatic carbocycles. The van der Waals surface area contributed by atoms with Gasteiger partial charge in [0.15, 0.2) is 11.2 Å². The predicted molar refractivity (Wildman–Crippen MR) is 78.0 cm³/mol. The van der Waals surface area contributed by atoms with Gasteiger partial charge in [0.1, 0.15) is 12.2 Å². The second-order valence-corrected chi connectivity index (χ2v) is 5.57. The van der Waals surface area contributed by atoms with Crippen LogP contribution >= 0.6 is 11.6 Å². The zero-order valence-electron chi connectivity index (χ0n) is 11.7. The number of rotatable bonds is 5. The van der Waals surface area contributed by atoms with Crippen molar-refractivity contribution in [3.05, 3.63) is 12.2 Å². The van der Waals surface area contributed by atoms with Crippen LogP contribution in [0.5, 0.6) is 5.88 Å². The van der Waals surface area contributed by atoms with Gasteiger partial charge in [0.25, 0.3) is 0 Å². The molecule has 0 amide bonds. The van der Waals surface area contributed by atoms with Crippen LogP contribution in [-0.2, 0) is 12.4 Å². The van der Waals surface area contributed by atoms with E-state index in [0.29, 0.717) is 17.3 Å². The first-order valence-corrected chi connectivity index (χ1v) is 7.67. The minimum atomic E-state index is 0.379. The highest BCUT2D eigenvalue weighted by Gasteiger charge is 2.19. The average Bonchev–Trinajstić information content (AvgIpc) is 3.11. The van der Waals surface area contributed by atoms with E-state index in [9.17, 15) is 0 Å². The Kier molecular flexibility index (Phi) is 4.05. The van der Waals surface area contributed by atoms with Gasteiger partial charge in [0.05, 0.1) is 13.0 Å². The first kappa shape index (κ1) is 13.6. The number of hydrogen-bond acceptors (Lipinski definition) is 4. The third-order valence-corrected chi connectivity index (χ3v) is 4.37. The molecule has 0 aromatic carbocycles. The fourth-order valence-corrected chi connectivity index (χ4v) is 3.26. The molecule has 0 saturated heterocycles. The molecule has 1 saturated carbocycles. The molecule has 2 aromatic rings. The highest BCUT2D eigenvalue weighted by atomic mass is 35.5. The van der Waals surface area contributed by atoms with Crippen molar-refractivity contribution in [2.45, 2.75) is 44.5 Å². The summed E-state index contributed by atoms with van der Waals surface area (Å²) in [5, 5.41) is 0. The van der Waals surface area contributed by atoms with Crippen molar-refractivity contribution >= 4 is 22.8 Å². The number of hydrogen-bond donors (Lipinski definition) is 0. The van der Waals surface area contributed by atoms with Crippen LogP contribution in [0.25, 0.3) is 11.2 Å². The van der Waals surface area contributed by atoms with Crippen molar-refractivity contribution in [2.75, 3.05) is 7.11 Å².